The number of hydrogen-bond donors (Lipinski definition) is 1. The van der Waals surface area contributed by atoms with Gasteiger partial charge in [-0.2, -0.15) is 0 Å². The van der Waals surface area contributed by atoms with Crippen LogP contribution in [0.2, 0.25) is 0 Å². The van der Waals surface area contributed by atoms with Crippen LogP contribution in [0, 0.1) is 5.92 Å². The lowest BCUT2D eigenvalue weighted by atomic mass is 9.95. The van der Waals surface area contributed by atoms with Crippen LogP contribution in [0.15, 0.2) is 35.7 Å². The van der Waals surface area contributed by atoms with E-state index in [1.807, 2.05) is 36.0 Å². The Hall–Kier alpha value is -2.15. The van der Waals surface area contributed by atoms with Crippen molar-refractivity contribution in [3.8, 4) is 11.5 Å². The normalized spacial score (nSPS) is 14.4. The molecule has 1 unspecified atom stereocenters. The van der Waals surface area contributed by atoms with Crippen molar-refractivity contribution in [1.29, 1.82) is 0 Å². The monoisotopic (exact) mass is 361 g/mol. The SMILES string of the molecule is CC(C)C(NC(=O)CSc1nccn1C)c1ccc2c(c1)OCCO2. The Morgan fingerprint density at radius 2 is 2.08 bits per heavy atom. The molecule has 1 amide bonds. The molecule has 0 radical (unpaired) electrons. The number of nitrogens with zero attached hydrogens (tertiary/aromatic N) is 2. The van der Waals surface area contributed by atoms with Crippen LogP contribution in [-0.2, 0) is 11.8 Å². The molecule has 0 saturated carbocycles. The Morgan fingerprint density at radius 3 is 2.76 bits per heavy atom. The third-order valence-electron chi connectivity index (χ3n) is 4.02. The molecule has 1 aromatic heterocycles. The summed E-state index contributed by atoms with van der Waals surface area (Å²) in [5.41, 5.74) is 1.02. The molecule has 2 heterocycles. The highest BCUT2D eigenvalue weighted by atomic mass is 32.2. The van der Waals surface area contributed by atoms with Crippen LogP contribution >= 0.6 is 11.8 Å². The van der Waals surface area contributed by atoms with E-state index in [0.29, 0.717) is 19.0 Å². The van der Waals surface area contributed by atoms with Gasteiger partial charge in [-0.3, -0.25) is 4.79 Å². The van der Waals surface area contributed by atoms with Crippen LogP contribution in [0.4, 0.5) is 0 Å². The molecule has 134 valence electrons. The highest BCUT2D eigenvalue weighted by molar-refractivity contribution is 7.99. The van der Waals surface area contributed by atoms with Crippen LogP contribution < -0.4 is 14.8 Å². The van der Waals surface area contributed by atoms with E-state index >= 15 is 0 Å². The predicted octanol–water partition coefficient (Wildman–Crippen LogP) is 2.80. The van der Waals surface area contributed by atoms with Crippen molar-refractivity contribution in [1.82, 2.24) is 14.9 Å². The van der Waals surface area contributed by atoms with E-state index in [4.69, 9.17) is 9.47 Å². The lowest BCUT2D eigenvalue weighted by Gasteiger charge is -2.25. The minimum Gasteiger partial charge on any atom is -0.486 e. The maximum atomic E-state index is 12.4. The van der Waals surface area contributed by atoms with Crippen molar-refractivity contribution in [3.63, 3.8) is 0 Å². The number of carbonyl (C=O) groups is 1. The Bertz CT molecular complexity index is 745. The fraction of sp³-hybridized carbons (Fsp3) is 0.444. The number of benzene rings is 1. The number of amides is 1. The van der Waals surface area contributed by atoms with Crippen molar-refractivity contribution in [2.24, 2.45) is 13.0 Å². The quantitative estimate of drug-likeness (QED) is 0.802. The van der Waals surface area contributed by atoms with Crippen molar-refractivity contribution >= 4 is 17.7 Å². The summed E-state index contributed by atoms with van der Waals surface area (Å²) in [4.78, 5) is 16.6. The Balaban J connectivity index is 1.66. The van der Waals surface area contributed by atoms with Crippen molar-refractivity contribution in [2.75, 3.05) is 19.0 Å². The zero-order valence-electron chi connectivity index (χ0n) is 14.7. The molecule has 0 aliphatic carbocycles. The second kappa shape index (κ2) is 7.82. The van der Waals surface area contributed by atoms with Crippen LogP contribution in [0.25, 0.3) is 0 Å². The van der Waals surface area contributed by atoms with Crippen molar-refractivity contribution < 1.29 is 14.3 Å². The number of aromatic nitrogens is 2. The molecule has 1 aliphatic rings. The van der Waals surface area contributed by atoms with Gasteiger partial charge in [0.25, 0.3) is 0 Å². The third kappa shape index (κ3) is 4.28. The molecule has 1 aromatic carbocycles. The van der Waals surface area contributed by atoms with Gasteiger partial charge < -0.3 is 19.4 Å². The number of rotatable bonds is 6. The lowest BCUT2D eigenvalue weighted by molar-refractivity contribution is -0.119. The smallest absolute Gasteiger partial charge is 0.230 e. The molecular formula is C18H23N3O3S. The molecule has 7 heteroatoms. The van der Waals surface area contributed by atoms with Crippen LogP contribution in [-0.4, -0.2) is 34.4 Å². The summed E-state index contributed by atoms with van der Waals surface area (Å²) in [6.45, 7) is 5.30. The number of carbonyl (C=O) groups excluding carboxylic acids is 1. The van der Waals surface area contributed by atoms with Crippen molar-refractivity contribution in [2.45, 2.75) is 25.0 Å². The number of aryl methyl sites for hydroxylation is 1. The van der Waals surface area contributed by atoms with Gasteiger partial charge in [-0.25, -0.2) is 4.98 Å². The van der Waals surface area contributed by atoms with Gasteiger partial charge in [-0.05, 0) is 23.6 Å². The molecule has 1 aliphatic heterocycles. The number of thioether (sulfide) groups is 1. The molecule has 0 fully saturated rings. The summed E-state index contributed by atoms with van der Waals surface area (Å²) in [6.07, 6.45) is 3.60. The average Bonchev–Trinajstić information content (AvgIpc) is 3.02. The molecular weight excluding hydrogens is 338 g/mol. The van der Waals surface area contributed by atoms with Gasteiger partial charge in [0.1, 0.15) is 13.2 Å². The zero-order chi connectivity index (χ0) is 17.8. The van der Waals surface area contributed by atoms with E-state index in [-0.39, 0.29) is 17.9 Å². The van der Waals surface area contributed by atoms with Gasteiger partial charge in [0, 0.05) is 19.4 Å². The molecule has 3 rings (SSSR count). The number of imidazole rings is 1. The van der Waals surface area contributed by atoms with Gasteiger partial charge in [-0.15, -0.1) is 0 Å². The Kier molecular flexibility index (Phi) is 5.53. The summed E-state index contributed by atoms with van der Waals surface area (Å²) in [5.74, 6) is 2.07. The number of nitrogens with one attached hydrogen (secondary N) is 1. The first kappa shape index (κ1) is 17.7. The summed E-state index contributed by atoms with van der Waals surface area (Å²) < 4.78 is 13.1. The zero-order valence-corrected chi connectivity index (χ0v) is 15.5. The Morgan fingerprint density at radius 1 is 1.32 bits per heavy atom. The molecule has 0 spiro atoms. The molecule has 2 aromatic rings. The van der Waals surface area contributed by atoms with Crippen LogP contribution in [0.3, 0.4) is 0 Å². The summed E-state index contributed by atoms with van der Waals surface area (Å²) in [5, 5.41) is 3.96. The molecule has 25 heavy (non-hydrogen) atoms. The molecule has 1 N–H and O–H groups in total. The largest absolute Gasteiger partial charge is 0.486 e. The molecule has 1 atom stereocenters. The maximum Gasteiger partial charge on any atom is 0.230 e. The van der Waals surface area contributed by atoms with Crippen LogP contribution in [0.1, 0.15) is 25.5 Å². The van der Waals surface area contributed by atoms with E-state index in [2.05, 4.69) is 24.1 Å². The van der Waals surface area contributed by atoms with E-state index in [1.165, 1.54) is 11.8 Å². The molecule has 0 bridgehead atoms. The van der Waals surface area contributed by atoms with Crippen molar-refractivity contribution in [3.05, 3.63) is 36.2 Å². The van der Waals surface area contributed by atoms with Gasteiger partial charge in [0.2, 0.25) is 5.91 Å². The minimum absolute atomic E-state index is 0.0124. The van der Waals surface area contributed by atoms with Gasteiger partial charge >= 0.3 is 0 Å². The standard InChI is InChI=1S/C18H23N3O3S/c1-12(2)17(13-4-5-14-15(10-13)24-9-8-23-14)20-16(22)11-25-18-19-6-7-21(18)3/h4-7,10,12,17H,8-9,11H2,1-3H3,(H,20,22). The van der Waals surface area contributed by atoms with Gasteiger partial charge in [-0.1, -0.05) is 31.7 Å². The number of ether oxygens (including phenoxy) is 2. The fourth-order valence-electron chi connectivity index (χ4n) is 2.72. The summed E-state index contributed by atoms with van der Waals surface area (Å²) in [6, 6.07) is 5.79. The topological polar surface area (TPSA) is 65.4 Å². The second-order valence-corrected chi connectivity index (χ2v) is 7.24. The van der Waals surface area contributed by atoms with E-state index < -0.39 is 0 Å². The van der Waals surface area contributed by atoms with Gasteiger partial charge in [0.05, 0.1) is 11.8 Å². The highest BCUT2D eigenvalue weighted by Gasteiger charge is 2.21. The predicted molar refractivity (Wildman–Crippen MR) is 97.1 cm³/mol. The first-order valence-corrected chi connectivity index (χ1v) is 9.32. The minimum atomic E-state index is -0.0784. The highest BCUT2D eigenvalue weighted by Crippen LogP contribution is 2.34. The first-order chi connectivity index (χ1) is 12.0. The van der Waals surface area contributed by atoms with E-state index in [9.17, 15) is 4.79 Å². The molecule has 6 nitrogen and oxygen atoms in total. The first-order valence-electron chi connectivity index (χ1n) is 8.33. The lowest BCUT2D eigenvalue weighted by Crippen LogP contribution is -2.33. The van der Waals surface area contributed by atoms with Gasteiger partial charge in [0.15, 0.2) is 16.7 Å². The fourth-order valence-corrected chi connectivity index (χ4v) is 3.47. The summed E-state index contributed by atoms with van der Waals surface area (Å²) in [7, 11) is 1.92. The van der Waals surface area contributed by atoms with E-state index in [0.717, 1.165) is 22.2 Å². The van der Waals surface area contributed by atoms with Crippen LogP contribution in [0.5, 0.6) is 11.5 Å². The molecule has 0 saturated heterocycles. The maximum absolute atomic E-state index is 12.4. The Labute approximate surface area is 151 Å². The second-order valence-electron chi connectivity index (χ2n) is 6.30. The number of hydrogen-bond acceptors (Lipinski definition) is 5. The average molecular weight is 361 g/mol. The number of fused-ring (bicyclic) bond motifs is 1. The summed E-state index contributed by atoms with van der Waals surface area (Å²) >= 11 is 1.43. The third-order valence-corrected chi connectivity index (χ3v) is 5.08. The van der Waals surface area contributed by atoms with E-state index in [1.54, 1.807) is 6.20 Å².